The summed E-state index contributed by atoms with van der Waals surface area (Å²) < 4.78 is 29.2. The van der Waals surface area contributed by atoms with Crippen molar-refractivity contribution >= 4 is 17.0 Å². The highest BCUT2D eigenvalue weighted by atomic mass is 19.3. The number of oxazole rings is 1. The number of hydrogen-bond acceptors (Lipinski definition) is 3. The number of alkyl halides is 2. The molecule has 2 rings (SSSR count). The Balaban J connectivity index is 2.57. The Kier molecular flexibility index (Phi) is 2.11. The number of amides is 1. The van der Waals surface area contributed by atoms with Crippen LogP contribution >= 0.6 is 0 Å². The highest BCUT2D eigenvalue weighted by Crippen LogP contribution is 2.23. The van der Waals surface area contributed by atoms with Crippen LogP contribution in [-0.2, 0) is 0 Å². The van der Waals surface area contributed by atoms with Crippen LogP contribution in [0.3, 0.4) is 0 Å². The van der Waals surface area contributed by atoms with Gasteiger partial charge in [0.05, 0.1) is 0 Å². The number of carbonyl (C=O) groups excluding carboxylic acids is 1. The second kappa shape index (κ2) is 3.30. The number of carbonyl (C=O) groups is 1. The van der Waals surface area contributed by atoms with E-state index in [1.54, 1.807) is 0 Å². The highest BCUT2D eigenvalue weighted by Gasteiger charge is 2.16. The van der Waals surface area contributed by atoms with E-state index in [1.807, 2.05) is 0 Å². The first-order valence-corrected chi connectivity index (χ1v) is 4.06. The molecule has 0 fully saturated rings. The monoisotopic (exact) mass is 212 g/mol. The zero-order valence-electron chi connectivity index (χ0n) is 7.41. The Hall–Kier alpha value is -1.98. The van der Waals surface area contributed by atoms with Crippen molar-refractivity contribution in [3.8, 4) is 0 Å². The third-order valence-corrected chi connectivity index (χ3v) is 1.88. The van der Waals surface area contributed by atoms with Gasteiger partial charge in [-0.3, -0.25) is 4.79 Å². The van der Waals surface area contributed by atoms with Gasteiger partial charge in [0, 0.05) is 5.56 Å². The molecular formula is C9H6F2N2O2. The van der Waals surface area contributed by atoms with Crippen LogP contribution in [-0.4, -0.2) is 10.9 Å². The van der Waals surface area contributed by atoms with Crippen molar-refractivity contribution in [2.45, 2.75) is 6.43 Å². The molecule has 1 aromatic carbocycles. The van der Waals surface area contributed by atoms with E-state index < -0.39 is 18.2 Å². The van der Waals surface area contributed by atoms with Gasteiger partial charge in [0.25, 0.3) is 5.89 Å². The minimum absolute atomic E-state index is 0.196. The molecule has 0 aliphatic carbocycles. The van der Waals surface area contributed by atoms with Gasteiger partial charge in [-0.2, -0.15) is 8.78 Å². The van der Waals surface area contributed by atoms with Crippen LogP contribution in [0, 0.1) is 0 Å². The maximum Gasteiger partial charge on any atom is 0.313 e. The molecule has 1 aromatic heterocycles. The van der Waals surface area contributed by atoms with Gasteiger partial charge >= 0.3 is 6.43 Å². The molecule has 0 bridgehead atoms. The molecule has 2 aromatic rings. The van der Waals surface area contributed by atoms with Gasteiger partial charge in [-0.25, -0.2) is 4.98 Å². The number of fused-ring (bicyclic) bond motifs is 1. The van der Waals surface area contributed by atoms with Crippen LogP contribution < -0.4 is 5.73 Å². The van der Waals surface area contributed by atoms with Gasteiger partial charge in [-0.05, 0) is 18.2 Å². The summed E-state index contributed by atoms with van der Waals surface area (Å²) in [4.78, 5) is 14.3. The first-order chi connectivity index (χ1) is 7.08. The van der Waals surface area contributed by atoms with Crippen molar-refractivity contribution in [3.05, 3.63) is 29.7 Å². The Morgan fingerprint density at radius 1 is 1.47 bits per heavy atom. The largest absolute Gasteiger partial charge is 0.435 e. The second-order valence-electron chi connectivity index (χ2n) is 2.90. The van der Waals surface area contributed by atoms with Crippen molar-refractivity contribution < 1.29 is 18.0 Å². The summed E-state index contributed by atoms with van der Waals surface area (Å²) in [5.74, 6) is -1.30. The minimum Gasteiger partial charge on any atom is -0.435 e. The maximum absolute atomic E-state index is 12.2. The lowest BCUT2D eigenvalue weighted by molar-refractivity contribution is 0.100. The topological polar surface area (TPSA) is 69.1 Å². The molecule has 0 saturated heterocycles. The molecule has 4 nitrogen and oxygen atoms in total. The van der Waals surface area contributed by atoms with E-state index >= 15 is 0 Å². The molecular weight excluding hydrogens is 206 g/mol. The Labute approximate surface area is 82.7 Å². The van der Waals surface area contributed by atoms with E-state index in [-0.39, 0.29) is 16.7 Å². The standard InChI is InChI=1S/C9H6F2N2O2/c10-7(11)9-13-5-3-4(8(12)14)1-2-6(5)15-9/h1-3,7H,(H2,12,14). The number of halogens is 2. The van der Waals surface area contributed by atoms with Crippen molar-refractivity contribution in [3.63, 3.8) is 0 Å². The molecule has 0 spiro atoms. The van der Waals surface area contributed by atoms with Crippen LogP contribution in [0.1, 0.15) is 22.7 Å². The zero-order valence-corrected chi connectivity index (χ0v) is 7.41. The van der Waals surface area contributed by atoms with Gasteiger partial charge in [-0.1, -0.05) is 0 Å². The molecule has 0 unspecified atom stereocenters. The Morgan fingerprint density at radius 3 is 2.80 bits per heavy atom. The Morgan fingerprint density at radius 2 is 2.20 bits per heavy atom. The molecule has 0 aliphatic heterocycles. The summed E-state index contributed by atoms with van der Waals surface area (Å²) in [6.45, 7) is 0. The van der Waals surface area contributed by atoms with E-state index in [9.17, 15) is 13.6 Å². The summed E-state index contributed by atoms with van der Waals surface area (Å²) in [5, 5.41) is 0. The number of benzene rings is 1. The van der Waals surface area contributed by atoms with Gasteiger partial charge in [0.2, 0.25) is 5.91 Å². The van der Waals surface area contributed by atoms with Crippen molar-refractivity contribution in [2.24, 2.45) is 5.73 Å². The first kappa shape index (κ1) is 9.57. The normalized spacial score (nSPS) is 11.1. The number of aromatic nitrogens is 1. The average molecular weight is 212 g/mol. The molecule has 1 heterocycles. The second-order valence-corrected chi connectivity index (χ2v) is 2.90. The van der Waals surface area contributed by atoms with E-state index in [1.165, 1.54) is 18.2 Å². The lowest BCUT2D eigenvalue weighted by atomic mass is 10.2. The number of nitrogens with two attached hydrogens (primary N) is 1. The highest BCUT2D eigenvalue weighted by molar-refractivity contribution is 5.95. The number of hydrogen-bond donors (Lipinski definition) is 1. The quantitative estimate of drug-likeness (QED) is 0.825. The SMILES string of the molecule is NC(=O)c1ccc2oc(C(F)F)nc2c1. The van der Waals surface area contributed by atoms with Gasteiger partial charge in [0.15, 0.2) is 5.58 Å². The third-order valence-electron chi connectivity index (χ3n) is 1.88. The van der Waals surface area contributed by atoms with E-state index in [2.05, 4.69) is 4.98 Å². The van der Waals surface area contributed by atoms with Crippen LogP contribution in [0.5, 0.6) is 0 Å². The lowest BCUT2D eigenvalue weighted by Gasteiger charge is -1.92. The number of nitrogens with zero attached hydrogens (tertiary/aromatic N) is 1. The van der Waals surface area contributed by atoms with Gasteiger partial charge < -0.3 is 10.2 Å². The smallest absolute Gasteiger partial charge is 0.313 e. The Bertz CT molecular complexity index is 522. The fraction of sp³-hybridized carbons (Fsp3) is 0.111. The number of primary amides is 1. The summed E-state index contributed by atoms with van der Waals surface area (Å²) in [6, 6.07) is 4.09. The molecule has 0 saturated carbocycles. The fourth-order valence-corrected chi connectivity index (χ4v) is 1.19. The zero-order chi connectivity index (χ0) is 11.0. The summed E-state index contributed by atoms with van der Waals surface area (Å²) >= 11 is 0. The average Bonchev–Trinajstić information content (AvgIpc) is 2.59. The summed E-state index contributed by atoms with van der Waals surface area (Å²) in [5.41, 5.74) is 5.63. The number of rotatable bonds is 2. The van der Waals surface area contributed by atoms with Gasteiger partial charge in [-0.15, -0.1) is 0 Å². The van der Waals surface area contributed by atoms with Crippen LogP contribution in [0.25, 0.3) is 11.1 Å². The molecule has 15 heavy (non-hydrogen) atoms. The van der Waals surface area contributed by atoms with E-state index in [0.717, 1.165) is 0 Å². The van der Waals surface area contributed by atoms with Crippen molar-refractivity contribution in [2.75, 3.05) is 0 Å². The molecule has 78 valence electrons. The van der Waals surface area contributed by atoms with Crippen molar-refractivity contribution in [1.29, 1.82) is 0 Å². The predicted molar refractivity (Wildman–Crippen MR) is 47.5 cm³/mol. The fourth-order valence-electron chi connectivity index (χ4n) is 1.19. The van der Waals surface area contributed by atoms with Crippen LogP contribution in [0.4, 0.5) is 8.78 Å². The van der Waals surface area contributed by atoms with E-state index in [4.69, 9.17) is 10.2 Å². The van der Waals surface area contributed by atoms with Gasteiger partial charge in [0.1, 0.15) is 5.52 Å². The van der Waals surface area contributed by atoms with Crippen LogP contribution in [0.15, 0.2) is 22.6 Å². The lowest BCUT2D eigenvalue weighted by Crippen LogP contribution is -2.10. The maximum atomic E-state index is 12.2. The molecule has 0 radical (unpaired) electrons. The van der Waals surface area contributed by atoms with Crippen LogP contribution in [0.2, 0.25) is 0 Å². The molecule has 6 heteroatoms. The molecule has 0 atom stereocenters. The molecule has 2 N–H and O–H groups in total. The third kappa shape index (κ3) is 1.65. The first-order valence-electron chi connectivity index (χ1n) is 4.06. The summed E-state index contributed by atoms with van der Waals surface area (Å²) in [6.07, 6.45) is -2.77. The van der Waals surface area contributed by atoms with Crippen molar-refractivity contribution in [1.82, 2.24) is 4.98 Å². The summed E-state index contributed by atoms with van der Waals surface area (Å²) in [7, 11) is 0. The molecule has 0 aliphatic rings. The minimum atomic E-state index is -2.77. The van der Waals surface area contributed by atoms with E-state index in [0.29, 0.717) is 0 Å². The predicted octanol–water partition coefficient (Wildman–Crippen LogP) is 1.86. The molecule has 1 amide bonds.